The molecule has 0 atom stereocenters. The van der Waals surface area contributed by atoms with Gasteiger partial charge in [-0.3, -0.25) is 10.0 Å². The van der Waals surface area contributed by atoms with E-state index in [1.54, 1.807) is 17.6 Å². The Morgan fingerprint density at radius 3 is 2.00 bits per heavy atom. The van der Waals surface area contributed by atoms with Crippen LogP contribution < -0.4 is 10.4 Å². The van der Waals surface area contributed by atoms with Crippen LogP contribution in [0.15, 0.2) is 24.3 Å². The van der Waals surface area contributed by atoms with E-state index in [0.717, 1.165) is 12.8 Å². The van der Waals surface area contributed by atoms with E-state index >= 15 is 0 Å². The quantitative estimate of drug-likeness (QED) is 0.275. The Bertz CT molecular complexity index is 1070. The highest BCUT2D eigenvalue weighted by molar-refractivity contribution is 7.91. The molecule has 0 aromatic heterocycles. The van der Waals surface area contributed by atoms with E-state index in [0.29, 0.717) is 43.5 Å². The van der Waals surface area contributed by atoms with Crippen LogP contribution >= 0.6 is 12.4 Å². The normalized spacial score (nSPS) is 21.6. The van der Waals surface area contributed by atoms with Crippen LogP contribution in [0.1, 0.15) is 37.7 Å². The van der Waals surface area contributed by atoms with E-state index in [1.165, 1.54) is 16.4 Å². The molecule has 38 heavy (non-hydrogen) atoms. The van der Waals surface area contributed by atoms with Crippen LogP contribution in [-0.4, -0.2) is 90.9 Å². The second-order valence-electron chi connectivity index (χ2n) is 9.96. The maximum atomic E-state index is 13.6. The number of hydrogen-bond donors (Lipinski definition) is 2. The first kappa shape index (κ1) is 30.8. The van der Waals surface area contributed by atoms with Crippen molar-refractivity contribution in [1.29, 1.82) is 0 Å². The molecule has 1 amide bonds. The summed E-state index contributed by atoms with van der Waals surface area (Å²) in [6, 6.07) is 6.63. The highest BCUT2D eigenvalue weighted by Gasteiger charge is 2.57. The predicted octanol–water partition coefficient (Wildman–Crippen LogP) is 3.19. The number of anilines is 1. The Balaban J connectivity index is 0.00000400. The van der Waals surface area contributed by atoms with E-state index in [2.05, 4.69) is 4.90 Å². The van der Waals surface area contributed by atoms with Crippen molar-refractivity contribution in [1.82, 2.24) is 14.7 Å². The zero-order valence-electron chi connectivity index (χ0n) is 20.6. The van der Waals surface area contributed by atoms with Gasteiger partial charge < -0.3 is 9.80 Å². The zero-order valence-corrected chi connectivity index (χ0v) is 22.2. The third-order valence-electron chi connectivity index (χ3n) is 7.70. The molecule has 1 aliphatic carbocycles. The number of carbonyl (C=O) groups is 1. The largest absolute Gasteiger partial charge is 0.453 e. The van der Waals surface area contributed by atoms with Gasteiger partial charge in [0.2, 0.25) is 10.0 Å². The molecule has 2 saturated heterocycles. The number of nitrogens with one attached hydrogen (secondary N) is 1. The second kappa shape index (κ2) is 11.4. The number of likely N-dealkylation sites (tertiary alicyclic amines) is 1. The molecule has 2 aliphatic heterocycles. The van der Waals surface area contributed by atoms with Crippen LogP contribution in [0.5, 0.6) is 0 Å². The van der Waals surface area contributed by atoms with Gasteiger partial charge >= 0.3 is 12.1 Å². The molecule has 1 saturated carbocycles. The highest BCUT2D eigenvalue weighted by atomic mass is 35.5. The number of piperidine rings is 1. The third kappa shape index (κ3) is 6.03. The van der Waals surface area contributed by atoms with Crippen molar-refractivity contribution in [3.63, 3.8) is 0 Å². The number of rotatable bonds is 8. The van der Waals surface area contributed by atoms with Crippen molar-refractivity contribution < 1.29 is 40.4 Å². The fourth-order valence-corrected chi connectivity index (χ4v) is 7.26. The van der Waals surface area contributed by atoms with Crippen LogP contribution in [0.3, 0.4) is 0 Å². The molecule has 216 valence electrons. The van der Waals surface area contributed by atoms with Gasteiger partial charge in [-0.15, -0.1) is 12.4 Å². The number of nitrogens with zero attached hydrogens (tertiary/aromatic N) is 3. The first-order valence-electron chi connectivity index (χ1n) is 12.3. The van der Waals surface area contributed by atoms with Crippen molar-refractivity contribution in [3.8, 4) is 0 Å². The number of benzene rings is 1. The molecule has 0 unspecified atom stereocenters. The molecule has 1 aromatic carbocycles. The topological polar surface area (TPSA) is 93.2 Å². The number of amides is 1. The molecule has 1 aromatic rings. The minimum absolute atomic E-state index is 0. The summed E-state index contributed by atoms with van der Waals surface area (Å²) >= 11 is 0. The summed E-state index contributed by atoms with van der Waals surface area (Å²) in [4.78, 5) is 16.7. The van der Waals surface area contributed by atoms with Gasteiger partial charge in [0.15, 0.2) is 4.75 Å². The molecular formula is C23H32ClF5N4O4S. The minimum atomic E-state index is -5.59. The predicted molar refractivity (Wildman–Crippen MR) is 132 cm³/mol. The number of piperazine rings is 1. The van der Waals surface area contributed by atoms with Gasteiger partial charge in [-0.1, -0.05) is 12.1 Å². The average molecular weight is 591 g/mol. The molecule has 8 nitrogen and oxygen atoms in total. The maximum Gasteiger partial charge on any atom is 0.453 e. The van der Waals surface area contributed by atoms with Gasteiger partial charge in [0.05, 0.1) is 0 Å². The second-order valence-corrected chi connectivity index (χ2v) is 12.2. The SMILES string of the molecule is Cl.O=C(NO)C1(S(=O)(=O)N2CCN(c3ccc(CCC(F)(F)C(F)(F)F)cc3)CC2)CCN(C2CC2)CC1. The number of alkyl halides is 5. The summed E-state index contributed by atoms with van der Waals surface area (Å²) in [6.07, 6.45) is -5.05. The fraction of sp³-hybridized carbons (Fsp3) is 0.696. The van der Waals surface area contributed by atoms with Crippen molar-refractivity contribution >= 4 is 34.0 Å². The van der Waals surface area contributed by atoms with Gasteiger partial charge in [-0.2, -0.15) is 26.3 Å². The number of hydroxylamine groups is 1. The molecule has 0 spiro atoms. The smallest absolute Gasteiger partial charge is 0.369 e. The monoisotopic (exact) mass is 590 g/mol. The standard InChI is InChI=1S/C23H31F5N4O4S.ClH/c24-22(25,23(26,27)28)8-7-17-1-3-18(4-2-17)31-13-15-32(16-14-31)37(35,36)21(20(33)29-34)9-11-30(12-10-21)19-5-6-19;/h1-4,19,34H,5-16H2,(H,29,33);1H. The Kier molecular flexibility index (Phi) is 9.24. The highest BCUT2D eigenvalue weighted by Crippen LogP contribution is 2.40. The molecule has 3 aliphatic rings. The van der Waals surface area contributed by atoms with Crippen LogP contribution in [0.2, 0.25) is 0 Å². The lowest BCUT2D eigenvalue weighted by Crippen LogP contribution is -2.63. The van der Waals surface area contributed by atoms with E-state index in [1.807, 2.05) is 4.90 Å². The van der Waals surface area contributed by atoms with Crippen LogP contribution in [-0.2, 0) is 21.2 Å². The Morgan fingerprint density at radius 1 is 0.974 bits per heavy atom. The Morgan fingerprint density at radius 2 is 1.53 bits per heavy atom. The lowest BCUT2D eigenvalue weighted by Gasteiger charge is -2.44. The molecule has 15 heteroatoms. The summed E-state index contributed by atoms with van der Waals surface area (Å²) < 4.78 is 90.3. The lowest BCUT2D eigenvalue weighted by molar-refractivity contribution is -0.284. The molecule has 2 heterocycles. The molecule has 4 rings (SSSR count). The van der Waals surface area contributed by atoms with Crippen molar-refractivity contribution in [3.05, 3.63) is 29.8 Å². The zero-order chi connectivity index (χ0) is 27.1. The van der Waals surface area contributed by atoms with Gasteiger partial charge in [0.1, 0.15) is 0 Å². The summed E-state index contributed by atoms with van der Waals surface area (Å²) in [5, 5.41) is 9.34. The average Bonchev–Trinajstić information content (AvgIpc) is 3.72. The van der Waals surface area contributed by atoms with Gasteiger partial charge in [0, 0.05) is 57.4 Å². The van der Waals surface area contributed by atoms with Gasteiger partial charge in [0.25, 0.3) is 5.91 Å². The minimum Gasteiger partial charge on any atom is -0.369 e. The number of carbonyl (C=O) groups excluding carboxylic acids is 1. The van der Waals surface area contributed by atoms with E-state index in [9.17, 15) is 40.4 Å². The molecule has 2 N–H and O–H groups in total. The first-order chi connectivity index (χ1) is 17.3. The number of halogens is 6. The number of aryl methyl sites for hydroxylation is 1. The van der Waals surface area contributed by atoms with Gasteiger partial charge in [-0.25, -0.2) is 13.9 Å². The Hall–Kier alpha value is -1.74. The summed E-state index contributed by atoms with van der Waals surface area (Å²) in [5.74, 6) is -5.68. The van der Waals surface area contributed by atoms with Crippen LogP contribution in [0.4, 0.5) is 27.6 Å². The molecule has 0 radical (unpaired) electrons. The summed E-state index contributed by atoms with van der Waals surface area (Å²) in [6.45, 7) is 1.73. The fourth-order valence-electron chi connectivity index (χ4n) is 5.14. The van der Waals surface area contributed by atoms with E-state index in [-0.39, 0.29) is 38.3 Å². The molecule has 3 fully saturated rings. The van der Waals surface area contributed by atoms with Crippen molar-refractivity contribution in [2.75, 3.05) is 44.2 Å². The number of sulfonamides is 1. The lowest BCUT2D eigenvalue weighted by atomic mass is 9.95. The van der Waals surface area contributed by atoms with Crippen molar-refractivity contribution in [2.24, 2.45) is 0 Å². The summed E-state index contributed by atoms with van der Waals surface area (Å²) in [5.41, 5.74) is 2.59. The molecular weight excluding hydrogens is 559 g/mol. The van der Waals surface area contributed by atoms with Crippen molar-refractivity contribution in [2.45, 2.75) is 61.4 Å². The van der Waals surface area contributed by atoms with E-state index < -0.39 is 45.6 Å². The number of hydrogen-bond acceptors (Lipinski definition) is 6. The maximum absolute atomic E-state index is 13.6. The molecule has 0 bridgehead atoms. The van der Waals surface area contributed by atoms with Crippen LogP contribution in [0.25, 0.3) is 0 Å². The Labute approximate surface area is 224 Å². The first-order valence-corrected chi connectivity index (χ1v) is 13.7. The van der Waals surface area contributed by atoms with Crippen LogP contribution in [0, 0.1) is 0 Å². The summed E-state index contributed by atoms with van der Waals surface area (Å²) in [7, 11) is -4.09. The van der Waals surface area contributed by atoms with E-state index in [4.69, 9.17) is 0 Å². The third-order valence-corrected chi connectivity index (χ3v) is 10.3. The van der Waals surface area contributed by atoms with Gasteiger partial charge in [-0.05, 0) is 49.8 Å².